The predicted molar refractivity (Wildman–Crippen MR) is 61.4 cm³/mol. The second-order valence-corrected chi connectivity index (χ2v) is 3.73. The summed E-state index contributed by atoms with van der Waals surface area (Å²) in [6, 6.07) is 4.25. The van der Waals surface area contributed by atoms with Crippen molar-refractivity contribution in [3.05, 3.63) is 34.4 Å². The van der Waals surface area contributed by atoms with Gasteiger partial charge in [0.25, 0.3) is 6.43 Å². The van der Waals surface area contributed by atoms with Crippen molar-refractivity contribution in [2.45, 2.75) is 18.7 Å². The van der Waals surface area contributed by atoms with Crippen LogP contribution in [0, 0.1) is 11.3 Å². The first-order valence-electron chi connectivity index (χ1n) is 5.00. The second kappa shape index (κ2) is 6.31. The number of methoxy groups -OCH3 is 1. The van der Waals surface area contributed by atoms with Crippen molar-refractivity contribution in [3.63, 3.8) is 0 Å². The smallest absolute Gasteiger partial charge is 0.310 e. The maximum atomic E-state index is 12.7. The molecule has 0 N–H and O–H groups in total. The van der Waals surface area contributed by atoms with Crippen LogP contribution in [0.15, 0.2) is 12.1 Å². The highest BCUT2D eigenvalue weighted by atomic mass is 35.5. The minimum atomic E-state index is -2.78. The van der Waals surface area contributed by atoms with Gasteiger partial charge in [0.05, 0.1) is 25.2 Å². The van der Waals surface area contributed by atoms with Crippen molar-refractivity contribution in [1.82, 2.24) is 0 Å². The molecular weight excluding hydrogens is 264 g/mol. The van der Waals surface area contributed by atoms with Crippen LogP contribution < -0.4 is 0 Å². The lowest BCUT2D eigenvalue weighted by molar-refractivity contribution is -0.139. The third-order valence-corrected chi connectivity index (χ3v) is 2.77. The van der Waals surface area contributed by atoms with Crippen molar-refractivity contribution < 1.29 is 18.3 Å². The molecule has 0 heterocycles. The van der Waals surface area contributed by atoms with Gasteiger partial charge < -0.3 is 4.74 Å². The lowest BCUT2D eigenvalue weighted by atomic mass is 9.95. The lowest BCUT2D eigenvalue weighted by Gasteiger charge is -2.12. The number of esters is 1. The van der Waals surface area contributed by atoms with Crippen LogP contribution in [-0.4, -0.2) is 13.1 Å². The van der Waals surface area contributed by atoms with E-state index in [1.807, 2.05) is 0 Å². The Morgan fingerprint density at radius 3 is 2.67 bits per heavy atom. The average molecular weight is 274 g/mol. The molecule has 0 atom stereocenters. The molecule has 1 rings (SSSR count). The summed E-state index contributed by atoms with van der Waals surface area (Å²) in [6.07, 6.45) is -3.03. The molecule has 6 heteroatoms. The topological polar surface area (TPSA) is 50.1 Å². The van der Waals surface area contributed by atoms with Crippen LogP contribution >= 0.6 is 11.6 Å². The molecule has 0 aliphatic heterocycles. The van der Waals surface area contributed by atoms with E-state index >= 15 is 0 Å². The number of benzene rings is 1. The third kappa shape index (κ3) is 2.96. The summed E-state index contributed by atoms with van der Waals surface area (Å²) >= 11 is 5.67. The van der Waals surface area contributed by atoms with Gasteiger partial charge in [-0.05, 0) is 11.1 Å². The Kier molecular flexibility index (Phi) is 5.05. The van der Waals surface area contributed by atoms with Crippen LogP contribution in [0.5, 0.6) is 0 Å². The standard InChI is InChI=1S/C12H10ClF2NO2/c1-18-11(17)4-9-7(5-13)2-3-8(12(14)15)10(9)6-16/h2-3,12H,4-5H2,1H3. The van der Waals surface area contributed by atoms with Crippen LogP contribution in [0.25, 0.3) is 0 Å². The molecule has 0 aliphatic rings. The highest BCUT2D eigenvalue weighted by molar-refractivity contribution is 6.17. The number of rotatable bonds is 4. The summed E-state index contributed by atoms with van der Waals surface area (Å²) in [7, 11) is 1.19. The molecule has 0 radical (unpaired) electrons. The van der Waals surface area contributed by atoms with Gasteiger partial charge >= 0.3 is 5.97 Å². The molecule has 0 fully saturated rings. The number of carbonyl (C=O) groups excluding carboxylic acids is 1. The molecule has 0 saturated heterocycles. The molecule has 0 aromatic heterocycles. The summed E-state index contributed by atoms with van der Waals surface area (Å²) in [4.78, 5) is 11.2. The van der Waals surface area contributed by atoms with Crippen molar-refractivity contribution >= 4 is 17.6 Å². The summed E-state index contributed by atoms with van der Waals surface area (Å²) in [5.41, 5.74) is 0.0824. The fourth-order valence-corrected chi connectivity index (χ4v) is 1.82. The summed E-state index contributed by atoms with van der Waals surface area (Å²) in [6.45, 7) is 0. The molecule has 3 nitrogen and oxygen atoms in total. The fraction of sp³-hybridized carbons (Fsp3) is 0.333. The second-order valence-electron chi connectivity index (χ2n) is 3.47. The minimum Gasteiger partial charge on any atom is -0.469 e. The van der Waals surface area contributed by atoms with E-state index in [0.717, 1.165) is 6.07 Å². The van der Waals surface area contributed by atoms with Gasteiger partial charge in [-0.15, -0.1) is 11.6 Å². The number of alkyl halides is 3. The number of hydrogen-bond acceptors (Lipinski definition) is 3. The van der Waals surface area contributed by atoms with Gasteiger partial charge in [0.15, 0.2) is 0 Å². The zero-order valence-corrected chi connectivity index (χ0v) is 10.3. The highest BCUT2D eigenvalue weighted by Gasteiger charge is 2.20. The lowest BCUT2D eigenvalue weighted by Crippen LogP contribution is -2.10. The third-order valence-electron chi connectivity index (χ3n) is 2.48. The fourth-order valence-electron chi connectivity index (χ4n) is 1.57. The Labute approximate surface area is 108 Å². The van der Waals surface area contributed by atoms with E-state index in [0.29, 0.717) is 5.56 Å². The Morgan fingerprint density at radius 2 is 2.22 bits per heavy atom. The van der Waals surface area contributed by atoms with Gasteiger partial charge in [-0.1, -0.05) is 12.1 Å². The molecule has 1 aromatic carbocycles. The summed E-state index contributed by atoms with van der Waals surface area (Å²) in [5.74, 6) is -0.575. The first kappa shape index (κ1) is 14.4. The maximum absolute atomic E-state index is 12.7. The van der Waals surface area contributed by atoms with E-state index in [1.165, 1.54) is 13.2 Å². The average Bonchev–Trinajstić information content (AvgIpc) is 2.37. The van der Waals surface area contributed by atoms with E-state index in [1.54, 1.807) is 6.07 Å². The van der Waals surface area contributed by atoms with Crippen LogP contribution in [0.4, 0.5) is 8.78 Å². The Hall–Kier alpha value is -1.67. The van der Waals surface area contributed by atoms with Crippen LogP contribution in [0.3, 0.4) is 0 Å². The maximum Gasteiger partial charge on any atom is 0.310 e. The van der Waals surface area contributed by atoms with E-state index in [4.69, 9.17) is 16.9 Å². The first-order valence-corrected chi connectivity index (χ1v) is 5.54. The number of halogens is 3. The molecule has 96 valence electrons. The molecule has 0 aliphatic carbocycles. The zero-order valence-electron chi connectivity index (χ0n) is 9.54. The van der Waals surface area contributed by atoms with Gasteiger partial charge in [0.1, 0.15) is 0 Å². The van der Waals surface area contributed by atoms with Crippen molar-refractivity contribution in [3.8, 4) is 6.07 Å². The highest BCUT2D eigenvalue weighted by Crippen LogP contribution is 2.28. The van der Waals surface area contributed by atoms with Gasteiger partial charge in [-0.3, -0.25) is 4.79 Å². The van der Waals surface area contributed by atoms with Crippen molar-refractivity contribution in [2.24, 2.45) is 0 Å². The minimum absolute atomic E-state index is 0.0323. The summed E-state index contributed by atoms with van der Waals surface area (Å²) in [5, 5.41) is 8.98. The molecule has 1 aromatic rings. The molecule has 0 saturated carbocycles. The van der Waals surface area contributed by atoms with Gasteiger partial charge in [-0.25, -0.2) is 8.78 Å². The Morgan fingerprint density at radius 1 is 1.56 bits per heavy atom. The number of ether oxygens (including phenoxy) is 1. The normalized spacial score (nSPS) is 10.2. The number of hydrogen-bond donors (Lipinski definition) is 0. The predicted octanol–water partition coefficient (Wildman–Crippen LogP) is 2.95. The van der Waals surface area contributed by atoms with Gasteiger partial charge in [0.2, 0.25) is 0 Å². The van der Waals surface area contributed by atoms with E-state index in [-0.39, 0.29) is 23.4 Å². The molecular formula is C12H10ClF2NO2. The SMILES string of the molecule is COC(=O)Cc1c(CCl)ccc(C(F)F)c1C#N. The van der Waals surface area contributed by atoms with Gasteiger partial charge in [0, 0.05) is 11.4 Å². The van der Waals surface area contributed by atoms with Crippen LogP contribution in [-0.2, 0) is 21.8 Å². The van der Waals surface area contributed by atoms with E-state index in [9.17, 15) is 13.6 Å². The molecule has 0 spiro atoms. The Bertz CT molecular complexity index is 498. The first-order chi connectivity index (χ1) is 8.54. The molecule has 0 unspecified atom stereocenters. The number of nitriles is 1. The van der Waals surface area contributed by atoms with E-state index < -0.39 is 18.0 Å². The zero-order chi connectivity index (χ0) is 13.7. The number of carbonyl (C=O) groups is 1. The van der Waals surface area contributed by atoms with Crippen LogP contribution in [0.1, 0.15) is 28.7 Å². The molecule has 0 amide bonds. The van der Waals surface area contributed by atoms with Crippen LogP contribution in [0.2, 0.25) is 0 Å². The summed E-state index contributed by atoms with van der Waals surface area (Å²) < 4.78 is 30.0. The van der Waals surface area contributed by atoms with Gasteiger partial charge in [-0.2, -0.15) is 5.26 Å². The molecule has 0 bridgehead atoms. The largest absolute Gasteiger partial charge is 0.469 e. The van der Waals surface area contributed by atoms with Crippen molar-refractivity contribution in [2.75, 3.05) is 7.11 Å². The van der Waals surface area contributed by atoms with Crippen molar-refractivity contribution in [1.29, 1.82) is 5.26 Å². The van der Waals surface area contributed by atoms with E-state index in [2.05, 4.69) is 4.74 Å². The monoisotopic (exact) mass is 273 g/mol. The molecule has 18 heavy (non-hydrogen) atoms. The Balaban J connectivity index is 3.38. The quantitative estimate of drug-likeness (QED) is 0.626. The number of nitrogens with zero attached hydrogens (tertiary/aromatic N) is 1.